The van der Waals surface area contributed by atoms with Gasteiger partial charge >= 0.3 is 0 Å². The minimum absolute atomic E-state index is 0.132. The number of rotatable bonds is 5. The lowest BCUT2D eigenvalue weighted by atomic mass is 9.83. The number of piperidine rings is 1. The van der Waals surface area contributed by atoms with Gasteiger partial charge in [0, 0.05) is 28.8 Å². The summed E-state index contributed by atoms with van der Waals surface area (Å²) < 4.78 is 17.7. The largest absolute Gasteiger partial charge is 0.511 e. The van der Waals surface area contributed by atoms with Crippen molar-refractivity contribution >= 4 is 11.6 Å². The van der Waals surface area contributed by atoms with E-state index in [0.29, 0.717) is 31.1 Å². The summed E-state index contributed by atoms with van der Waals surface area (Å²) in [6.45, 7) is 4.74. The first-order valence-electron chi connectivity index (χ1n) is 12.8. The van der Waals surface area contributed by atoms with Gasteiger partial charge in [0.1, 0.15) is 42.8 Å². The number of ether oxygens (including phenoxy) is 3. The second-order valence-corrected chi connectivity index (χ2v) is 9.66. The standard InChI is InChI=1S/C30H31NO5/c32-25-17-21-10-15-34-19-24(21)28-26(33)18-22-5-4-14-36-30(22)29(28)27(25)20-6-8-23(9-7-20)35-16-13-31-11-2-1-3-12-31/h4-10,17-19,27,32-33H,1-3,11-16H2. The molecular formula is C30H31NO5. The maximum atomic E-state index is 11.4. The molecule has 1 saturated heterocycles. The number of phenols is 1. The Hall–Kier alpha value is -3.64. The molecular weight excluding hydrogens is 454 g/mol. The van der Waals surface area contributed by atoms with Gasteiger partial charge in [-0.2, -0.15) is 0 Å². The van der Waals surface area contributed by atoms with Crippen molar-refractivity contribution in [1.29, 1.82) is 0 Å². The molecule has 3 heterocycles. The maximum Gasteiger partial charge on any atom is 0.132 e. The van der Waals surface area contributed by atoms with E-state index >= 15 is 0 Å². The summed E-state index contributed by atoms with van der Waals surface area (Å²) in [5.41, 5.74) is 4.60. The van der Waals surface area contributed by atoms with Gasteiger partial charge in [0.2, 0.25) is 0 Å². The maximum absolute atomic E-state index is 11.4. The van der Waals surface area contributed by atoms with E-state index in [1.54, 1.807) is 18.4 Å². The van der Waals surface area contributed by atoms with Gasteiger partial charge in [-0.3, -0.25) is 4.90 Å². The van der Waals surface area contributed by atoms with Crippen LogP contribution in [0.4, 0.5) is 0 Å². The van der Waals surface area contributed by atoms with E-state index in [4.69, 9.17) is 14.2 Å². The molecule has 0 spiro atoms. The van der Waals surface area contributed by atoms with Crippen LogP contribution in [0.15, 0.2) is 66.2 Å². The number of hydrogen-bond donors (Lipinski definition) is 2. The monoisotopic (exact) mass is 485 g/mol. The molecule has 0 bridgehead atoms. The number of allylic oxidation sites excluding steroid dienone is 4. The number of benzene rings is 2. The second-order valence-electron chi connectivity index (χ2n) is 9.66. The molecule has 6 rings (SSSR count). The lowest BCUT2D eigenvalue weighted by Gasteiger charge is -2.27. The van der Waals surface area contributed by atoms with Gasteiger partial charge in [0.05, 0.1) is 12.2 Å². The summed E-state index contributed by atoms with van der Waals surface area (Å²) >= 11 is 0. The minimum atomic E-state index is -0.512. The van der Waals surface area contributed by atoms with Crippen molar-refractivity contribution < 1.29 is 24.4 Å². The van der Waals surface area contributed by atoms with Crippen LogP contribution in [0.25, 0.3) is 11.6 Å². The Labute approximate surface area is 211 Å². The highest BCUT2D eigenvalue weighted by molar-refractivity contribution is 5.91. The number of fused-ring (bicyclic) bond motifs is 5. The SMILES string of the molecule is OC1=CC2=CCOC=C2c2c(O)cc3c(c2C1c1ccc(OCCN2CCCCC2)cc1)OCC=C3. The molecule has 36 heavy (non-hydrogen) atoms. The van der Waals surface area contributed by atoms with E-state index in [-0.39, 0.29) is 11.5 Å². The Bertz CT molecular complexity index is 1270. The predicted molar refractivity (Wildman–Crippen MR) is 139 cm³/mol. The fourth-order valence-electron chi connectivity index (χ4n) is 5.59. The number of nitrogens with zero attached hydrogens (tertiary/aromatic N) is 1. The van der Waals surface area contributed by atoms with Gasteiger partial charge < -0.3 is 24.4 Å². The summed E-state index contributed by atoms with van der Waals surface area (Å²) in [7, 11) is 0. The van der Waals surface area contributed by atoms with Crippen molar-refractivity contribution in [3.63, 3.8) is 0 Å². The van der Waals surface area contributed by atoms with Crippen molar-refractivity contribution in [2.45, 2.75) is 25.2 Å². The highest BCUT2D eigenvalue weighted by Gasteiger charge is 2.35. The first-order chi connectivity index (χ1) is 17.7. The topological polar surface area (TPSA) is 71.4 Å². The fraction of sp³-hybridized carbons (Fsp3) is 0.333. The molecule has 2 aromatic carbocycles. The van der Waals surface area contributed by atoms with Crippen molar-refractivity contribution in [3.05, 3.63) is 88.4 Å². The van der Waals surface area contributed by atoms with Crippen LogP contribution < -0.4 is 9.47 Å². The molecule has 0 aromatic heterocycles. The lowest BCUT2D eigenvalue weighted by molar-refractivity contribution is 0.183. The molecule has 0 amide bonds. The Morgan fingerprint density at radius 1 is 1.03 bits per heavy atom. The third-order valence-electron chi connectivity index (χ3n) is 7.35. The van der Waals surface area contributed by atoms with E-state index in [1.165, 1.54) is 19.3 Å². The van der Waals surface area contributed by atoms with Crippen molar-refractivity contribution in [3.8, 4) is 17.2 Å². The van der Waals surface area contributed by atoms with E-state index in [1.807, 2.05) is 42.5 Å². The van der Waals surface area contributed by atoms with E-state index in [0.717, 1.165) is 53.2 Å². The smallest absolute Gasteiger partial charge is 0.132 e. The molecule has 6 heteroatoms. The van der Waals surface area contributed by atoms with Gasteiger partial charge in [-0.1, -0.05) is 24.6 Å². The minimum Gasteiger partial charge on any atom is -0.511 e. The van der Waals surface area contributed by atoms with Gasteiger partial charge in [0.15, 0.2) is 0 Å². The Morgan fingerprint density at radius 3 is 2.69 bits per heavy atom. The zero-order valence-electron chi connectivity index (χ0n) is 20.3. The predicted octanol–water partition coefficient (Wildman–Crippen LogP) is 5.55. The Balaban J connectivity index is 1.35. The van der Waals surface area contributed by atoms with Crippen LogP contribution in [-0.2, 0) is 4.74 Å². The average molecular weight is 486 g/mol. The van der Waals surface area contributed by atoms with Crippen LogP contribution >= 0.6 is 0 Å². The normalized spacial score (nSPS) is 20.9. The summed E-state index contributed by atoms with van der Waals surface area (Å²) in [6.07, 6.45) is 13.1. The average Bonchev–Trinajstić information content (AvgIpc) is 3.04. The van der Waals surface area contributed by atoms with Crippen LogP contribution in [0.2, 0.25) is 0 Å². The third kappa shape index (κ3) is 4.26. The molecule has 4 aliphatic rings. The summed E-state index contributed by atoms with van der Waals surface area (Å²) in [5.74, 6) is 1.29. The fourth-order valence-corrected chi connectivity index (χ4v) is 5.59. The quantitative estimate of drug-likeness (QED) is 0.579. The molecule has 0 radical (unpaired) electrons. The summed E-state index contributed by atoms with van der Waals surface area (Å²) in [6, 6.07) is 9.59. The zero-order chi connectivity index (χ0) is 24.5. The molecule has 3 aliphatic heterocycles. The van der Waals surface area contributed by atoms with Crippen LogP contribution in [0.1, 0.15) is 47.4 Å². The molecule has 1 aliphatic carbocycles. The molecule has 1 atom stereocenters. The van der Waals surface area contributed by atoms with Crippen LogP contribution in [0, 0.1) is 0 Å². The van der Waals surface area contributed by atoms with Crippen molar-refractivity contribution in [2.75, 3.05) is 39.5 Å². The zero-order valence-corrected chi connectivity index (χ0v) is 20.3. The van der Waals surface area contributed by atoms with Crippen molar-refractivity contribution in [2.24, 2.45) is 0 Å². The number of hydrogen-bond acceptors (Lipinski definition) is 6. The molecule has 1 unspecified atom stereocenters. The number of phenolic OH excluding ortho intramolecular Hbond substituents is 1. The molecule has 186 valence electrons. The molecule has 0 saturated carbocycles. The number of aliphatic hydroxyl groups excluding tert-OH is 1. The first kappa shape index (κ1) is 22.8. The summed E-state index contributed by atoms with van der Waals surface area (Å²) in [4.78, 5) is 2.46. The summed E-state index contributed by atoms with van der Waals surface area (Å²) in [5, 5.41) is 22.5. The number of aromatic hydroxyl groups is 1. The van der Waals surface area contributed by atoms with Crippen molar-refractivity contribution in [1.82, 2.24) is 4.90 Å². The Kier molecular flexibility index (Phi) is 6.20. The molecule has 2 N–H and O–H groups in total. The van der Waals surface area contributed by atoms with Crippen LogP contribution in [-0.4, -0.2) is 54.6 Å². The molecule has 1 fully saturated rings. The van der Waals surface area contributed by atoms with Crippen LogP contribution in [0.3, 0.4) is 0 Å². The third-order valence-corrected chi connectivity index (χ3v) is 7.35. The van der Waals surface area contributed by atoms with Gasteiger partial charge in [0.25, 0.3) is 0 Å². The Morgan fingerprint density at radius 2 is 1.86 bits per heavy atom. The van der Waals surface area contributed by atoms with E-state index < -0.39 is 5.92 Å². The number of likely N-dealkylation sites (tertiary alicyclic amines) is 1. The van der Waals surface area contributed by atoms with Gasteiger partial charge in [-0.25, -0.2) is 0 Å². The number of aliphatic hydroxyl groups is 1. The second kappa shape index (κ2) is 9.78. The van der Waals surface area contributed by atoms with Gasteiger partial charge in [-0.15, -0.1) is 0 Å². The molecule has 6 nitrogen and oxygen atoms in total. The van der Waals surface area contributed by atoms with E-state index in [2.05, 4.69) is 4.90 Å². The molecule has 2 aromatic rings. The highest BCUT2D eigenvalue weighted by atomic mass is 16.5. The van der Waals surface area contributed by atoms with Crippen LogP contribution in [0.5, 0.6) is 17.2 Å². The highest BCUT2D eigenvalue weighted by Crippen LogP contribution is 2.51. The van der Waals surface area contributed by atoms with E-state index in [9.17, 15) is 10.2 Å². The van der Waals surface area contributed by atoms with Gasteiger partial charge in [-0.05, 0) is 73.5 Å². The first-order valence-corrected chi connectivity index (χ1v) is 12.8. The lowest BCUT2D eigenvalue weighted by Crippen LogP contribution is -2.33.